The van der Waals surface area contributed by atoms with Crippen molar-refractivity contribution >= 4 is 0 Å². The summed E-state index contributed by atoms with van der Waals surface area (Å²) in [5, 5.41) is 0. The van der Waals surface area contributed by atoms with E-state index in [0.29, 0.717) is 5.92 Å². The molecule has 0 aliphatic heterocycles. The summed E-state index contributed by atoms with van der Waals surface area (Å²) >= 11 is 0. The summed E-state index contributed by atoms with van der Waals surface area (Å²) in [6.45, 7) is 8.66. The lowest BCUT2D eigenvalue weighted by atomic mass is 9.95. The summed E-state index contributed by atoms with van der Waals surface area (Å²) in [4.78, 5) is 0. The highest BCUT2D eigenvalue weighted by molar-refractivity contribution is 5.33. The molecule has 0 saturated heterocycles. The minimum Gasteiger partial charge on any atom is -0.103 e. The van der Waals surface area contributed by atoms with Crippen LogP contribution in [0, 0.1) is 31.6 Å². The highest BCUT2D eigenvalue weighted by Gasteiger charge is 2.04. The van der Waals surface area contributed by atoms with E-state index in [1.165, 1.54) is 16.7 Å². The quantitative estimate of drug-likeness (QED) is 0.635. The minimum atomic E-state index is 0.463. The van der Waals surface area contributed by atoms with Gasteiger partial charge < -0.3 is 0 Å². The van der Waals surface area contributed by atoms with Crippen molar-refractivity contribution in [2.45, 2.75) is 40.5 Å². The molecule has 0 bridgehead atoms. The third-order valence-corrected chi connectivity index (χ3v) is 2.77. The number of benzene rings is 1. The van der Waals surface area contributed by atoms with Gasteiger partial charge in [-0.2, -0.15) is 0 Å². The summed E-state index contributed by atoms with van der Waals surface area (Å²) in [5.41, 5.74) is 4.23. The maximum absolute atomic E-state index is 3.28. The van der Waals surface area contributed by atoms with E-state index < -0.39 is 0 Å². The molecule has 1 aromatic carbocycles. The van der Waals surface area contributed by atoms with Gasteiger partial charge in [-0.05, 0) is 37.0 Å². The third kappa shape index (κ3) is 3.44. The molecule has 1 unspecified atom stereocenters. The van der Waals surface area contributed by atoms with E-state index in [-0.39, 0.29) is 0 Å². The van der Waals surface area contributed by atoms with Crippen LogP contribution >= 0.6 is 0 Å². The Bertz CT molecular complexity index is 377. The topological polar surface area (TPSA) is 0 Å². The highest BCUT2D eigenvalue weighted by Crippen LogP contribution is 2.16. The smallest absolute Gasteiger partial charge is 0.0215 e. The van der Waals surface area contributed by atoms with Crippen molar-refractivity contribution in [3.8, 4) is 11.8 Å². The van der Waals surface area contributed by atoms with E-state index in [1.54, 1.807) is 0 Å². The minimum absolute atomic E-state index is 0.463. The highest BCUT2D eigenvalue weighted by atomic mass is 14.1. The van der Waals surface area contributed by atoms with Gasteiger partial charge in [0.05, 0.1) is 0 Å². The SMILES string of the molecule is CCC#CC(C)Cc1cccc(C)c1C. The Kier molecular flexibility index (Phi) is 4.43. The molecule has 1 aromatic rings. The Balaban J connectivity index is 2.76. The van der Waals surface area contributed by atoms with Crippen LogP contribution in [0.3, 0.4) is 0 Å². The monoisotopic (exact) mass is 200 g/mol. The van der Waals surface area contributed by atoms with E-state index in [1.807, 2.05) is 0 Å². The zero-order chi connectivity index (χ0) is 11.3. The van der Waals surface area contributed by atoms with Gasteiger partial charge in [0.15, 0.2) is 0 Å². The average molecular weight is 200 g/mol. The van der Waals surface area contributed by atoms with Gasteiger partial charge in [0.25, 0.3) is 0 Å². The second-order valence-electron chi connectivity index (χ2n) is 4.14. The fraction of sp³-hybridized carbons (Fsp3) is 0.467. The van der Waals surface area contributed by atoms with Crippen molar-refractivity contribution < 1.29 is 0 Å². The largest absolute Gasteiger partial charge is 0.103 e. The summed E-state index contributed by atoms with van der Waals surface area (Å²) in [7, 11) is 0. The first-order valence-electron chi connectivity index (χ1n) is 5.68. The molecule has 0 aliphatic carbocycles. The summed E-state index contributed by atoms with van der Waals surface area (Å²) in [6, 6.07) is 6.52. The Hall–Kier alpha value is -1.22. The fourth-order valence-electron chi connectivity index (χ4n) is 1.69. The zero-order valence-corrected chi connectivity index (χ0v) is 10.2. The maximum atomic E-state index is 3.28. The van der Waals surface area contributed by atoms with Gasteiger partial charge in [0.1, 0.15) is 0 Å². The predicted octanol–water partition coefficient (Wildman–Crippen LogP) is 3.90. The Morgan fingerprint density at radius 2 is 2.00 bits per heavy atom. The molecular weight excluding hydrogens is 180 g/mol. The number of hydrogen-bond donors (Lipinski definition) is 0. The number of hydrogen-bond acceptors (Lipinski definition) is 0. The second-order valence-corrected chi connectivity index (χ2v) is 4.14. The number of rotatable bonds is 2. The van der Waals surface area contributed by atoms with Crippen LogP contribution in [0.5, 0.6) is 0 Å². The van der Waals surface area contributed by atoms with Crippen molar-refractivity contribution in [3.05, 3.63) is 34.9 Å². The Morgan fingerprint density at radius 1 is 1.27 bits per heavy atom. The van der Waals surface area contributed by atoms with Crippen LogP contribution in [0.2, 0.25) is 0 Å². The van der Waals surface area contributed by atoms with E-state index >= 15 is 0 Å². The molecule has 0 amide bonds. The molecule has 0 saturated carbocycles. The molecule has 0 spiro atoms. The molecule has 0 fully saturated rings. The van der Waals surface area contributed by atoms with Crippen LogP contribution in [0.15, 0.2) is 18.2 Å². The first-order chi connectivity index (χ1) is 7.15. The van der Waals surface area contributed by atoms with Crippen LogP contribution in [0.4, 0.5) is 0 Å². The summed E-state index contributed by atoms with van der Waals surface area (Å²) < 4.78 is 0. The third-order valence-electron chi connectivity index (χ3n) is 2.77. The molecule has 0 radical (unpaired) electrons. The van der Waals surface area contributed by atoms with Crippen LogP contribution < -0.4 is 0 Å². The molecular formula is C15H20. The first-order valence-corrected chi connectivity index (χ1v) is 5.68. The Morgan fingerprint density at radius 3 is 2.67 bits per heavy atom. The maximum Gasteiger partial charge on any atom is 0.0215 e. The molecule has 80 valence electrons. The van der Waals surface area contributed by atoms with Crippen LogP contribution in [-0.4, -0.2) is 0 Å². The lowest BCUT2D eigenvalue weighted by Gasteiger charge is -2.10. The van der Waals surface area contributed by atoms with Crippen LogP contribution in [0.1, 0.15) is 37.0 Å². The molecule has 1 rings (SSSR count). The van der Waals surface area contributed by atoms with Crippen molar-refractivity contribution in [3.63, 3.8) is 0 Å². The zero-order valence-electron chi connectivity index (χ0n) is 10.2. The van der Waals surface area contributed by atoms with E-state index in [9.17, 15) is 0 Å². The van der Waals surface area contributed by atoms with Crippen molar-refractivity contribution in [2.75, 3.05) is 0 Å². The lowest BCUT2D eigenvalue weighted by molar-refractivity contribution is 0.744. The predicted molar refractivity (Wildman–Crippen MR) is 66.9 cm³/mol. The van der Waals surface area contributed by atoms with E-state index in [2.05, 4.69) is 57.7 Å². The van der Waals surface area contributed by atoms with Gasteiger partial charge >= 0.3 is 0 Å². The molecule has 15 heavy (non-hydrogen) atoms. The summed E-state index contributed by atoms with van der Waals surface area (Å²) in [6.07, 6.45) is 2.03. The van der Waals surface area contributed by atoms with Gasteiger partial charge in [-0.3, -0.25) is 0 Å². The number of aryl methyl sites for hydroxylation is 1. The van der Waals surface area contributed by atoms with Crippen molar-refractivity contribution in [1.82, 2.24) is 0 Å². The van der Waals surface area contributed by atoms with Gasteiger partial charge in [-0.1, -0.05) is 38.0 Å². The standard InChI is InChI=1S/C15H20/c1-5-6-8-12(2)11-15-10-7-9-13(3)14(15)4/h7,9-10,12H,5,11H2,1-4H3. The van der Waals surface area contributed by atoms with Crippen molar-refractivity contribution in [1.29, 1.82) is 0 Å². The lowest BCUT2D eigenvalue weighted by Crippen LogP contribution is -1.99. The van der Waals surface area contributed by atoms with E-state index in [4.69, 9.17) is 0 Å². The normalized spacial score (nSPS) is 11.7. The van der Waals surface area contributed by atoms with Gasteiger partial charge in [0.2, 0.25) is 0 Å². The molecule has 0 aromatic heterocycles. The van der Waals surface area contributed by atoms with Gasteiger partial charge in [-0.15, -0.1) is 5.92 Å². The van der Waals surface area contributed by atoms with Gasteiger partial charge in [0, 0.05) is 12.3 Å². The second kappa shape index (κ2) is 5.61. The molecule has 0 heterocycles. The van der Waals surface area contributed by atoms with Crippen LogP contribution in [-0.2, 0) is 6.42 Å². The molecule has 0 aliphatic rings. The van der Waals surface area contributed by atoms with Gasteiger partial charge in [-0.25, -0.2) is 0 Å². The molecule has 0 heteroatoms. The fourth-order valence-corrected chi connectivity index (χ4v) is 1.69. The van der Waals surface area contributed by atoms with E-state index in [0.717, 1.165) is 12.8 Å². The average Bonchev–Trinajstić information content (AvgIpc) is 2.22. The molecule has 0 nitrogen and oxygen atoms in total. The Labute approximate surface area is 93.7 Å². The molecule has 0 N–H and O–H groups in total. The summed E-state index contributed by atoms with van der Waals surface area (Å²) in [5.74, 6) is 6.89. The van der Waals surface area contributed by atoms with Crippen molar-refractivity contribution in [2.24, 2.45) is 5.92 Å². The van der Waals surface area contributed by atoms with Crippen LogP contribution in [0.25, 0.3) is 0 Å². The molecule has 1 atom stereocenters. The first kappa shape index (κ1) is 11.9.